The lowest BCUT2D eigenvalue weighted by Crippen LogP contribution is -2.01. The zero-order valence-corrected chi connectivity index (χ0v) is 9.45. The van der Waals surface area contributed by atoms with E-state index in [1.54, 1.807) is 7.11 Å². The van der Waals surface area contributed by atoms with Gasteiger partial charge >= 0.3 is 0 Å². The maximum Gasteiger partial charge on any atom is 0.121 e. The standard InChI is InChI=1S/C12H17NO2/c1-4-10(8-14)13-12-7-11(15-3)6-5-9(12)2/h5-7,14H,4,8H2,1-3H3/b13-10+. The van der Waals surface area contributed by atoms with Crippen molar-refractivity contribution in [1.29, 1.82) is 0 Å². The highest BCUT2D eigenvalue weighted by atomic mass is 16.5. The zero-order valence-electron chi connectivity index (χ0n) is 9.45. The molecule has 1 N–H and O–H groups in total. The van der Waals surface area contributed by atoms with Gasteiger partial charge in [-0.15, -0.1) is 0 Å². The summed E-state index contributed by atoms with van der Waals surface area (Å²) in [7, 11) is 1.63. The summed E-state index contributed by atoms with van der Waals surface area (Å²) in [4.78, 5) is 4.39. The van der Waals surface area contributed by atoms with Crippen LogP contribution in [0, 0.1) is 6.92 Å². The van der Waals surface area contributed by atoms with Gasteiger partial charge in [0.25, 0.3) is 0 Å². The Kier molecular flexibility index (Phi) is 4.31. The van der Waals surface area contributed by atoms with Gasteiger partial charge in [-0.1, -0.05) is 13.0 Å². The van der Waals surface area contributed by atoms with Crippen molar-refractivity contribution in [2.75, 3.05) is 13.7 Å². The Bertz CT molecular complexity index is 353. The number of nitrogens with zero attached hydrogens (tertiary/aromatic N) is 1. The molecular weight excluding hydrogens is 190 g/mol. The SMILES string of the molecule is CC/C(CO)=N\c1cc(OC)ccc1C. The van der Waals surface area contributed by atoms with Crippen molar-refractivity contribution in [2.45, 2.75) is 20.3 Å². The number of aliphatic hydroxyl groups is 1. The van der Waals surface area contributed by atoms with Crippen LogP contribution in [0.25, 0.3) is 0 Å². The van der Waals surface area contributed by atoms with Crippen molar-refractivity contribution in [3.8, 4) is 5.75 Å². The highest BCUT2D eigenvalue weighted by Crippen LogP contribution is 2.24. The van der Waals surface area contributed by atoms with E-state index < -0.39 is 0 Å². The minimum atomic E-state index is 0.00709. The predicted molar refractivity (Wildman–Crippen MR) is 62.2 cm³/mol. The van der Waals surface area contributed by atoms with Crippen molar-refractivity contribution in [3.63, 3.8) is 0 Å². The summed E-state index contributed by atoms with van der Waals surface area (Å²) in [6, 6.07) is 5.74. The van der Waals surface area contributed by atoms with E-state index in [4.69, 9.17) is 9.84 Å². The summed E-state index contributed by atoms with van der Waals surface area (Å²) >= 11 is 0. The molecule has 0 bridgehead atoms. The topological polar surface area (TPSA) is 41.8 Å². The van der Waals surface area contributed by atoms with E-state index in [-0.39, 0.29) is 6.61 Å². The van der Waals surface area contributed by atoms with Gasteiger partial charge in [0.05, 0.1) is 19.4 Å². The van der Waals surface area contributed by atoms with Gasteiger partial charge in [-0.25, -0.2) is 0 Å². The number of hydrogen-bond acceptors (Lipinski definition) is 3. The van der Waals surface area contributed by atoms with Gasteiger partial charge in [0.15, 0.2) is 0 Å². The molecule has 0 saturated heterocycles. The minimum Gasteiger partial charge on any atom is -0.497 e. The van der Waals surface area contributed by atoms with E-state index in [1.165, 1.54) is 0 Å². The number of rotatable bonds is 4. The summed E-state index contributed by atoms with van der Waals surface area (Å²) in [6.45, 7) is 3.97. The molecule has 0 aromatic heterocycles. The first kappa shape index (κ1) is 11.7. The van der Waals surface area contributed by atoms with Gasteiger partial charge in [-0.05, 0) is 25.0 Å². The highest BCUT2D eigenvalue weighted by Gasteiger charge is 2.01. The van der Waals surface area contributed by atoms with Crippen LogP contribution in [0.5, 0.6) is 5.75 Å². The van der Waals surface area contributed by atoms with Gasteiger partial charge < -0.3 is 9.84 Å². The Labute approximate surface area is 90.4 Å². The second-order valence-electron chi connectivity index (χ2n) is 3.34. The van der Waals surface area contributed by atoms with Gasteiger partial charge in [0.1, 0.15) is 5.75 Å². The Morgan fingerprint density at radius 2 is 2.20 bits per heavy atom. The molecule has 15 heavy (non-hydrogen) atoms. The Hall–Kier alpha value is -1.35. The van der Waals surface area contributed by atoms with E-state index in [9.17, 15) is 0 Å². The summed E-state index contributed by atoms with van der Waals surface area (Å²) in [5, 5.41) is 9.04. The van der Waals surface area contributed by atoms with Crippen LogP contribution in [-0.2, 0) is 0 Å². The summed E-state index contributed by atoms with van der Waals surface area (Å²) in [5.41, 5.74) is 2.72. The van der Waals surface area contributed by atoms with Crippen LogP contribution in [0.15, 0.2) is 23.2 Å². The average molecular weight is 207 g/mol. The van der Waals surface area contributed by atoms with Crippen LogP contribution in [-0.4, -0.2) is 24.5 Å². The van der Waals surface area contributed by atoms with E-state index in [0.29, 0.717) is 0 Å². The first-order valence-electron chi connectivity index (χ1n) is 5.03. The number of ether oxygens (including phenoxy) is 1. The molecule has 0 aliphatic rings. The van der Waals surface area contributed by atoms with Crippen molar-refractivity contribution in [1.82, 2.24) is 0 Å². The largest absolute Gasteiger partial charge is 0.497 e. The van der Waals surface area contributed by atoms with Crippen LogP contribution >= 0.6 is 0 Å². The molecule has 0 aliphatic carbocycles. The summed E-state index contributed by atoms with van der Waals surface area (Å²) < 4.78 is 5.13. The number of aliphatic imine (C=N–C) groups is 1. The number of benzene rings is 1. The molecule has 0 radical (unpaired) electrons. The van der Waals surface area contributed by atoms with Crippen molar-refractivity contribution in [3.05, 3.63) is 23.8 Å². The maximum atomic E-state index is 9.04. The lowest BCUT2D eigenvalue weighted by molar-refractivity contribution is 0.355. The molecule has 0 unspecified atom stereocenters. The molecule has 0 amide bonds. The third kappa shape index (κ3) is 3.06. The zero-order chi connectivity index (χ0) is 11.3. The fourth-order valence-corrected chi connectivity index (χ4v) is 1.23. The molecule has 3 nitrogen and oxygen atoms in total. The molecule has 3 heteroatoms. The molecule has 0 spiro atoms. The van der Waals surface area contributed by atoms with Crippen LogP contribution in [0.3, 0.4) is 0 Å². The van der Waals surface area contributed by atoms with Gasteiger partial charge in [0, 0.05) is 11.8 Å². The molecule has 82 valence electrons. The van der Waals surface area contributed by atoms with Crippen LogP contribution in [0.1, 0.15) is 18.9 Å². The average Bonchev–Trinajstić information content (AvgIpc) is 2.28. The van der Waals surface area contributed by atoms with Gasteiger partial charge in [-0.2, -0.15) is 0 Å². The fraction of sp³-hybridized carbons (Fsp3) is 0.417. The molecule has 0 saturated carbocycles. The smallest absolute Gasteiger partial charge is 0.121 e. The fourth-order valence-electron chi connectivity index (χ4n) is 1.23. The molecule has 0 atom stereocenters. The normalized spacial score (nSPS) is 11.6. The predicted octanol–water partition coefficient (Wildman–Crippen LogP) is 2.48. The summed E-state index contributed by atoms with van der Waals surface area (Å²) in [6.07, 6.45) is 0.757. The number of aryl methyl sites for hydroxylation is 1. The number of hydrogen-bond donors (Lipinski definition) is 1. The Morgan fingerprint density at radius 1 is 1.47 bits per heavy atom. The molecule has 0 aliphatic heterocycles. The maximum absolute atomic E-state index is 9.04. The molecule has 0 fully saturated rings. The second kappa shape index (κ2) is 5.51. The first-order chi connectivity index (χ1) is 7.21. The first-order valence-corrected chi connectivity index (χ1v) is 5.03. The molecule has 1 rings (SSSR count). The van der Waals surface area contributed by atoms with Crippen molar-refractivity contribution < 1.29 is 9.84 Å². The van der Waals surface area contributed by atoms with Crippen LogP contribution in [0.4, 0.5) is 5.69 Å². The van der Waals surface area contributed by atoms with E-state index >= 15 is 0 Å². The van der Waals surface area contributed by atoms with Crippen LogP contribution in [0.2, 0.25) is 0 Å². The number of aliphatic hydroxyl groups excluding tert-OH is 1. The lowest BCUT2D eigenvalue weighted by Gasteiger charge is -2.05. The van der Waals surface area contributed by atoms with E-state index in [0.717, 1.165) is 29.1 Å². The molecule has 1 aromatic rings. The third-order valence-electron chi connectivity index (χ3n) is 2.29. The molecular formula is C12H17NO2. The summed E-state index contributed by atoms with van der Waals surface area (Å²) in [5.74, 6) is 0.785. The lowest BCUT2D eigenvalue weighted by atomic mass is 10.2. The molecule has 1 aromatic carbocycles. The van der Waals surface area contributed by atoms with Gasteiger partial charge in [-0.3, -0.25) is 4.99 Å². The van der Waals surface area contributed by atoms with Crippen molar-refractivity contribution >= 4 is 11.4 Å². The molecule has 0 heterocycles. The monoisotopic (exact) mass is 207 g/mol. The highest BCUT2D eigenvalue weighted by molar-refractivity contribution is 5.88. The van der Waals surface area contributed by atoms with Crippen molar-refractivity contribution in [2.24, 2.45) is 4.99 Å². The van der Waals surface area contributed by atoms with E-state index in [1.807, 2.05) is 32.0 Å². The quantitative estimate of drug-likeness (QED) is 0.771. The number of methoxy groups -OCH3 is 1. The van der Waals surface area contributed by atoms with Crippen LogP contribution < -0.4 is 4.74 Å². The third-order valence-corrected chi connectivity index (χ3v) is 2.29. The second-order valence-corrected chi connectivity index (χ2v) is 3.34. The van der Waals surface area contributed by atoms with E-state index in [2.05, 4.69) is 4.99 Å². The van der Waals surface area contributed by atoms with Gasteiger partial charge in [0.2, 0.25) is 0 Å². The Balaban J connectivity index is 3.06. The Morgan fingerprint density at radius 3 is 2.73 bits per heavy atom. The minimum absolute atomic E-state index is 0.00709.